The van der Waals surface area contributed by atoms with Crippen LogP contribution in [0.3, 0.4) is 0 Å². The Kier molecular flexibility index (Phi) is 12.0. The summed E-state index contributed by atoms with van der Waals surface area (Å²) in [5, 5.41) is 5.56. The standard InChI is InChI=1S/C44H56N6O6/c1-10-49-37-17-16-31-23-33(37)34(40(49)32-18-19-45-38(32)27(4)55-9)24-44(6,7)25-56-43(54)35-15-12-20-50(47-35)42(53)36(22-29-13-11-14-30(31)21-29)46-41(52)39(26(2)3)48(8)28(5)51/h11,13-14,16-19,21,23,26-27,35-36,39,47H,10,12,15,20,22,24-25H2,1-9H3/p+1/t27-,35-,36-,39-/m0/s1. The number of likely N-dealkylation sites (N-methyl/N-ethyl adjacent to an activating group) is 1. The van der Waals surface area contributed by atoms with Gasteiger partial charge < -0.3 is 24.3 Å². The average molecular weight is 766 g/mol. The summed E-state index contributed by atoms with van der Waals surface area (Å²) in [6, 6.07) is 12.1. The number of amides is 3. The first-order valence-corrected chi connectivity index (χ1v) is 19.8. The molecule has 6 bridgehead atoms. The number of carbonyl (C=O) groups excluding carboxylic acids is 4. The molecule has 1 fully saturated rings. The minimum Gasteiger partial charge on any atom is -0.464 e. The summed E-state index contributed by atoms with van der Waals surface area (Å²) >= 11 is 0. The molecule has 12 nitrogen and oxygen atoms in total. The zero-order valence-electron chi connectivity index (χ0n) is 34.3. The number of nitrogens with one attached hydrogen (secondary N) is 2. The van der Waals surface area contributed by atoms with Gasteiger partial charge in [-0.1, -0.05) is 62.7 Å². The van der Waals surface area contributed by atoms with Crippen molar-refractivity contribution in [1.29, 1.82) is 0 Å². The maximum Gasteiger partial charge on any atom is 0.341 e. The van der Waals surface area contributed by atoms with Gasteiger partial charge in [0, 0.05) is 63.0 Å². The number of rotatable bonds is 8. The molecule has 4 heterocycles. The fourth-order valence-corrected chi connectivity index (χ4v) is 8.29. The molecule has 1 aromatic heterocycles. The minimum atomic E-state index is -0.975. The van der Waals surface area contributed by atoms with E-state index < -0.39 is 35.4 Å². The molecule has 0 spiro atoms. The first-order valence-electron chi connectivity index (χ1n) is 19.8. The Hall–Kier alpha value is -5.03. The summed E-state index contributed by atoms with van der Waals surface area (Å²) in [6.45, 7) is 14.8. The smallest absolute Gasteiger partial charge is 0.341 e. The van der Waals surface area contributed by atoms with Crippen LogP contribution in [-0.4, -0.2) is 102 Å². The Morgan fingerprint density at radius 3 is 2.57 bits per heavy atom. The summed E-state index contributed by atoms with van der Waals surface area (Å²) in [5.41, 5.74) is 10.7. The molecule has 3 aliphatic heterocycles. The summed E-state index contributed by atoms with van der Waals surface area (Å²) in [5.74, 6) is -1.65. The van der Waals surface area contributed by atoms with Crippen LogP contribution < -0.4 is 15.4 Å². The lowest BCUT2D eigenvalue weighted by Gasteiger charge is -2.36. The van der Waals surface area contributed by atoms with Crippen LogP contribution in [0.4, 0.5) is 0 Å². The third kappa shape index (κ3) is 8.24. The molecule has 0 radical (unpaired) electrons. The van der Waals surface area contributed by atoms with Crippen molar-refractivity contribution in [2.45, 2.75) is 105 Å². The Bertz CT molecular complexity index is 2120. The topological polar surface area (TPSA) is 136 Å². The van der Waals surface area contributed by atoms with Crippen molar-refractivity contribution >= 4 is 52.1 Å². The molecule has 12 heteroatoms. The highest BCUT2D eigenvalue weighted by Crippen LogP contribution is 2.39. The molecule has 2 aromatic carbocycles. The third-order valence-corrected chi connectivity index (χ3v) is 11.3. The number of hydrogen-bond acceptors (Lipinski definition) is 7. The quantitative estimate of drug-likeness (QED) is 0.255. The molecular weight excluding hydrogens is 709 g/mol. The Labute approximate surface area is 330 Å². The molecule has 2 N–H and O–H groups in total. The Morgan fingerprint density at radius 1 is 1.12 bits per heavy atom. The molecule has 3 amide bonds. The van der Waals surface area contributed by atoms with Crippen molar-refractivity contribution in [3.63, 3.8) is 0 Å². The van der Waals surface area contributed by atoms with Gasteiger partial charge in [0.05, 0.1) is 17.9 Å². The van der Waals surface area contributed by atoms with Crippen LogP contribution in [-0.2, 0) is 48.0 Å². The summed E-state index contributed by atoms with van der Waals surface area (Å²) in [7, 11) is 3.29. The van der Waals surface area contributed by atoms with E-state index in [2.05, 4.69) is 72.5 Å². The van der Waals surface area contributed by atoms with Crippen LogP contribution in [0.25, 0.3) is 27.6 Å². The number of nitrogens with zero attached hydrogens (tertiary/aromatic N) is 4. The summed E-state index contributed by atoms with van der Waals surface area (Å²) in [6.07, 6.45) is 5.58. The fraction of sp³-hybridized carbons (Fsp3) is 0.500. The van der Waals surface area contributed by atoms with Crippen molar-refractivity contribution in [2.75, 3.05) is 27.3 Å². The molecule has 3 aliphatic rings. The molecule has 4 atom stereocenters. The number of benzene rings is 2. The van der Waals surface area contributed by atoms with E-state index in [9.17, 15) is 19.2 Å². The third-order valence-electron chi connectivity index (χ3n) is 11.3. The van der Waals surface area contributed by atoms with E-state index in [0.29, 0.717) is 25.8 Å². The van der Waals surface area contributed by atoms with Gasteiger partial charge in [-0.05, 0) is 73.4 Å². The van der Waals surface area contributed by atoms with Crippen LogP contribution in [0.15, 0.2) is 48.5 Å². The van der Waals surface area contributed by atoms with Gasteiger partial charge in [0.15, 0.2) is 6.10 Å². The lowest BCUT2D eigenvalue weighted by molar-refractivity contribution is -0.155. The number of aryl methyl sites for hydroxylation is 1. The first-order chi connectivity index (χ1) is 26.6. The van der Waals surface area contributed by atoms with Crippen molar-refractivity contribution in [3.05, 3.63) is 65.4 Å². The van der Waals surface area contributed by atoms with E-state index in [1.807, 2.05) is 39.1 Å². The number of carbonyl (C=O) groups is 4. The normalized spacial score (nSPS) is 20.9. The monoisotopic (exact) mass is 765 g/mol. The van der Waals surface area contributed by atoms with Crippen molar-refractivity contribution in [3.8, 4) is 11.1 Å². The molecule has 298 valence electrons. The number of hydrogen-bond donors (Lipinski definition) is 2. The minimum absolute atomic E-state index is 0.164. The van der Waals surface area contributed by atoms with Gasteiger partial charge in [-0.25, -0.2) is 5.43 Å². The van der Waals surface area contributed by atoms with E-state index in [1.165, 1.54) is 16.8 Å². The van der Waals surface area contributed by atoms with Crippen molar-refractivity contribution in [2.24, 2.45) is 11.3 Å². The van der Waals surface area contributed by atoms with Gasteiger partial charge in [0.25, 0.3) is 12.1 Å². The Balaban J connectivity index is 1.48. The van der Waals surface area contributed by atoms with Crippen LogP contribution in [0.1, 0.15) is 78.1 Å². The molecule has 6 rings (SSSR count). The largest absolute Gasteiger partial charge is 0.464 e. The van der Waals surface area contributed by atoms with Crippen LogP contribution in [0.2, 0.25) is 0 Å². The molecule has 1 saturated heterocycles. The van der Waals surface area contributed by atoms with Gasteiger partial charge in [-0.2, -0.15) is 0 Å². The SMILES string of the molecule is CCn1c(C2=CC=[N+]=C2[C@H](C)OC)c2c3cc(ccc31)-c1cccc(c1)C[C@H](NC(=O)[C@H](C(C)C)N(C)C(C)=O)C(=O)N1CCC[C@H](N1)C(=O)OCC(C)(C)C2. The summed E-state index contributed by atoms with van der Waals surface area (Å²) < 4.78 is 18.9. The molecule has 0 unspecified atom stereocenters. The number of fused-ring (bicyclic) bond motifs is 6. The number of allylic oxidation sites excluding steroid dienone is 1. The van der Waals surface area contributed by atoms with Crippen LogP contribution in [0.5, 0.6) is 0 Å². The lowest BCUT2D eigenvalue weighted by atomic mass is 9.83. The fourth-order valence-electron chi connectivity index (χ4n) is 8.29. The Morgan fingerprint density at radius 2 is 1.88 bits per heavy atom. The molecule has 3 aromatic rings. The zero-order valence-corrected chi connectivity index (χ0v) is 34.3. The highest BCUT2D eigenvalue weighted by Gasteiger charge is 2.38. The predicted octanol–water partition coefficient (Wildman–Crippen LogP) is 4.49. The maximum absolute atomic E-state index is 14.4. The number of aromatic nitrogens is 1. The number of cyclic esters (lactones) is 1. The molecule has 0 saturated carbocycles. The van der Waals surface area contributed by atoms with Gasteiger partial charge in [0.1, 0.15) is 18.1 Å². The van der Waals surface area contributed by atoms with Gasteiger partial charge in [-0.3, -0.25) is 24.2 Å². The average Bonchev–Trinajstić information content (AvgIpc) is 3.77. The van der Waals surface area contributed by atoms with Crippen LogP contribution >= 0.6 is 0 Å². The van der Waals surface area contributed by atoms with Crippen LogP contribution in [0, 0.1) is 11.3 Å². The second-order valence-corrected chi connectivity index (χ2v) is 16.5. The highest BCUT2D eigenvalue weighted by molar-refractivity contribution is 6.31. The van der Waals surface area contributed by atoms with Gasteiger partial charge in [0.2, 0.25) is 11.8 Å². The van der Waals surface area contributed by atoms with Crippen molar-refractivity contribution < 1.29 is 28.7 Å². The highest BCUT2D eigenvalue weighted by atomic mass is 16.5. The lowest BCUT2D eigenvalue weighted by Crippen LogP contribution is -2.62. The van der Waals surface area contributed by atoms with E-state index in [4.69, 9.17) is 14.1 Å². The number of esters is 1. The summed E-state index contributed by atoms with van der Waals surface area (Å²) in [4.78, 5) is 55.8. The van der Waals surface area contributed by atoms with E-state index in [1.54, 1.807) is 14.2 Å². The maximum atomic E-state index is 14.4. The first kappa shape index (κ1) is 40.6. The number of ether oxygens (including phenoxy) is 2. The predicted molar refractivity (Wildman–Crippen MR) is 220 cm³/mol. The molecule has 0 aliphatic carbocycles. The van der Waals surface area contributed by atoms with Gasteiger partial charge >= 0.3 is 11.7 Å². The van der Waals surface area contributed by atoms with Gasteiger partial charge in [-0.15, -0.1) is 0 Å². The van der Waals surface area contributed by atoms with Crippen molar-refractivity contribution in [1.82, 2.24) is 29.9 Å². The second-order valence-electron chi connectivity index (χ2n) is 16.5. The number of methoxy groups -OCH3 is 1. The zero-order chi connectivity index (χ0) is 40.5. The van der Waals surface area contributed by atoms with E-state index in [-0.39, 0.29) is 36.9 Å². The second kappa shape index (κ2) is 16.6. The molecule has 56 heavy (non-hydrogen) atoms. The number of hydrazine groups is 1. The van der Waals surface area contributed by atoms with E-state index >= 15 is 0 Å². The molecular formula is C44H57N6O6+. The van der Waals surface area contributed by atoms with E-state index in [0.717, 1.165) is 56.7 Å².